The van der Waals surface area contributed by atoms with Crippen LogP contribution in [0.15, 0.2) is 164 Å². The van der Waals surface area contributed by atoms with E-state index in [1.165, 1.54) is 88.4 Å². The standard InChI is InChI=1S/C51H36BN3/c1-53-43-20-10-22-45-49(43)52-50-44(53)21-11-23-46(50)55(3)48-30-36(29-47(51(48)52)54(45)2)34-15-9-13-32(27-34)31-12-8-14-33(26-31)35-24-25-41-39-18-5-4-16-37(39)38-17-6-7-19-40(38)42(41)28-35/h4-30H,1-3H3/i8D. The van der Waals surface area contributed by atoms with E-state index in [0.717, 1.165) is 27.8 Å². The minimum atomic E-state index is 0.186. The molecule has 3 heterocycles. The number of hydrogen-bond donors (Lipinski definition) is 0. The predicted molar refractivity (Wildman–Crippen MR) is 237 cm³/mol. The highest BCUT2D eigenvalue weighted by molar-refractivity contribution is 7.02. The minimum Gasteiger partial charge on any atom is -0.345 e. The maximum absolute atomic E-state index is 8.96. The van der Waals surface area contributed by atoms with Crippen molar-refractivity contribution in [3.05, 3.63) is 164 Å². The molecule has 0 atom stereocenters. The summed E-state index contributed by atoms with van der Waals surface area (Å²) < 4.78 is 8.96. The van der Waals surface area contributed by atoms with E-state index in [1.807, 2.05) is 12.1 Å². The molecule has 9 aromatic rings. The summed E-state index contributed by atoms with van der Waals surface area (Å²) in [5.74, 6) is 0. The fourth-order valence-corrected chi connectivity index (χ4v) is 10.1. The van der Waals surface area contributed by atoms with Gasteiger partial charge in [0, 0.05) is 55.3 Å². The van der Waals surface area contributed by atoms with Crippen molar-refractivity contribution in [3.63, 3.8) is 0 Å². The second-order valence-corrected chi connectivity index (χ2v) is 15.4. The molecule has 0 amide bonds. The number of nitrogens with zero attached hydrogens (tertiary/aromatic N) is 3. The molecule has 258 valence electrons. The number of rotatable bonds is 3. The van der Waals surface area contributed by atoms with Crippen molar-refractivity contribution in [3.8, 4) is 33.4 Å². The highest BCUT2D eigenvalue weighted by Gasteiger charge is 2.46. The zero-order valence-corrected chi connectivity index (χ0v) is 30.9. The van der Waals surface area contributed by atoms with Gasteiger partial charge in [0.15, 0.2) is 0 Å². The molecule has 0 saturated carbocycles. The zero-order chi connectivity index (χ0) is 37.4. The van der Waals surface area contributed by atoms with Gasteiger partial charge in [0.2, 0.25) is 0 Å². The van der Waals surface area contributed by atoms with Gasteiger partial charge in [-0.1, -0.05) is 109 Å². The van der Waals surface area contributed by atoms with Gasteiger partial charge >= 0.3 is 0 Å². The van der Waals surface area contributed by atoms with Crippen LogP contribution in [0.25, 0.3) is 65.7 Å². The van der Waals surface area contributed by atoms with E-state index in [-0.39, 0.29) is 6.71 Å². The molecule has 0 spiro atoms. The van der Waals surface area contributed by atoms with Gasteiger partial charge in [-0.3, -0.25) is 0 Å². The van der Waals surface area contributed by atoms with Crippen LogP contribution in [0.4, 0.5) is 34.1 Å². The van der Waals surface area contributed by atoms with E-state index in [1.54, 1.807) is 0 Å². The van der Waals surface area contributed by atoms with Crippen molar-refractivity contribution in [1.29, 1.82) is 0 Å². The van der Waals surface area contributed by atoms with Crippen LogP contribution in [0.1, 0.15) is 1.37 Å². The second-order valence-electron chi connectivity index (χ2n) is 15.4. The highest BCUT2D eigenvalue weighted by Crippen LogP contribution is 2.45. The van der Waals surface area contributed by atoms with E-state index < -0.39 is 0 Å². The summed E-state index contributed by atoms with van der Waals surface area (Å²) in [5.41, 5.74) is 18.4. The summed E-state index contributed by atoms with van der Waals surface area (Å²) in [5, 5.41) is 7.55. The number of benzene rings is 9. The van der Waals surface area contributed by atoms with Crippen LogP contribution in [0.2, 0.25) is 0 Å². The second kappa shape index (κ2) is 11.1. The third-order valence-electron chi connectivity index (χ3n) is 12.7. The average molecular weight is 703 g/mol. The molecule has 3 aliphatic heterocycles. The van der Waals surface area contributed by atoms with Gasteiger partial charge in [0.1, 0.15) is 0 Å². The Kier molecular flexibility index (Phi) is 6.00. The van der Waals surface area contributed by atoms with Crippen molar-refractivity contribution in [2.75, 3.05) is 35.8 Å². The third-order valence-corrected chi connectivity index (χ3v) is 12.7. The lowest BCUT2D eigenvalue weighted by atomic mass is 9.32. The average Bonchev–Trinajstić information content (AvgIpc) is 3.25. The lowest BCUT2D eigenvalue weighted by molar-refractivity contribution is 1.15. The zero-order valence-electron chi connectivity index (χ0n) is 31.9. The molecule has 3 nitrogen and oxygen atoms in total. The predicted octanol–water partition coefficient (Wildman–Crippen LogP) is 10.9. The molecule has 9 aromatic carbocycles. The van der Waals surface area contributed by atoms with E-state index in [2.05, 4.69) is 181 Å². The smallest absolute Gasteiger partial charge is 0.257 e. The Labute approximate surface area is 322 Å². The van der Waals surface area contributed by atoms with Crippen LogP contribution in [0.3, 0.4) is 0 Å². The van der Waals surface area contributed by atoms with Gasteiger partial charge in [0.05, 0.1) is 1.37 Å². The first-order valence-corrected chi connectivity index (χ1v) is 19.1. The molecule has 12 rings (SSSR count). The maximum atomic E-state index is 8.96. The van der Waals surface area contributed by atoms with Crippen LogP contribution < -0.4 is 31.1 Å². The van der Waals surface area contributed by atoms with Crippen LogP contribution >= 0.6 is 0 Å². The van der Waals surface area contributed by atoms with Crippen LogP contribution in [-0.4, -0.2) is 27.9 Å². The first-order valence-electron chi connectivity index (χ1n) is 19.6. The lowest BCUT2D eigenvalue weighted by Crippen LogP contribution is -2.65. The van der Waals surface area contributed by atoms with Gasteiger partial charge in [-0.2, -0.15) is 0 Å². The third kappa shape index (κ3) is 4.17. The normalized spacial score (nSPS) is 13.8. The molecule has 55 heavy (non-hydrogen) atoms. The maximum Gasteiger partial charge on any atom is 0.257 e. The quantitative estimate of drug-likeness (QED) is 0.134. The first-order chi connectivity index (χ1) is 27.4. The number of hydrogen-bond acceptors (Lipinski definition) is 3. The molecule has 4 heteroatoms. The summed E-state index contributed by atoms with van der Waals surface area (Å²) in [4.78, 5) is 7.16. The van der Waals surface area contributed by atoms with Gasteiger partial charge in [-0.15, -0.1) is 0 Å². The summed E-state index contributed by atoms with van der Waals surface area (Å²) in [6.07, 6.45) is 0. The SMILES string of the molecule is [2H]c1cc(-c2cccc(-c3cc4c5c(c3)N(C)c3cccc6c3B5c3c(cccc3N4C)N6C)c2)cc(-c2ccc3c4ccccc4c4ccccc4c3c2)c1. The molecule has 0 N–H and O–H groups in total. The summed E-state index contributed by atoms with van der Waals surface area (Å²) in [6, 6.07) is 58.1. The van der Waals surface area contributed by atoms with Crippen LogP contribution in [0.5, 0.6) is 0 Å². The van der Waals surface area contributed by atoms with Crippen molar-refractivity contribution in [1.82, 2.24) is 0 Å². The summed E-state index contributed by atoms with van der Waals surface area (Å²) in [7, 11) is 6.64. The molecule has 0 fully saturated rings. The van der Waals surface area contributed by atoms with E-state index >= 15 is 0 Å². The summed E-state index contributed by atoms with van der Waals surface area (Å²) >= 11 is 0. The van der Waals surface area contributed by atoms with E-state index in [4.69, 9.17) is 1.37 Å². The van der Waals surface area contributed by atoms with Crippen molar-refractivity contribution < 1.29 is 1.37 Å². The van der Waals surface area contributed by atoms with Crippen molar-refractivity contribution in [2.45, 2.75) is 0 Å². The Hall–Kier alpha value is -6.78. The Morgan fingerprint density at radius 1 is 0.327 bits per heavy atom. The first kappa shape index (κ1) is 29.7. The monoisotopic (exact) mass is 702 g/mol. The van der Waals surface area contributed by atoms with Crippen molar-refractivity contribution in [2.24, 2.45) is 0 Å². The molecule has 0 aromatic heterocycles. The fraction of sp³-hybridized carbons (Fsp3) is 0.0588. The summed E-state index contributed by atoms with van der Waals surface area (Å²) in [6.45, 7) is 0.186. The Bertz CT molecular complexity index is 3070. The Balaban J connectivity index is 0.987. The molecule has 0 radical (unpaired) electrons. The highest BCUT2D eigenvalue weighted by atomic mass is 15.2. The molecular weight excluding hydrogens is 665 g/mol. The molecular formula is C51H36BN3. The van der Waals surface area contributed by atoms with Gasteiger partial charge in [0.25, 0.3) is 6.71 Å². The molecule has 0 saturated heterocycles. The van der Waals surface area contributed by atoms with Gasteiger partial charge < -0.3 is 14.7 Å². The number of anilines is 6. The van der Waals surface area contributed by atoms with Crippen molar-refractivity contribution >= 4 is 89.5 Å². The largest absolute Gasteiger partial charge is 0.345 e. The molecule has 0 aliphatic carbocycles. The lowest BCUT2D eigenvalue weighted by Gasteiger charge is -2.47. The number of fused-ring (bicyclic) bond motifs is 6. The molecule has 0 bridgehead atoms. The Morgan fingerprint density at radius 3 is 1.24 bits per heavy atom. The van der Waals surface area contributed by atoms with E-state index in [9.17, 15) is 0 Å². The molecule has 3 aliphatic rings. The van der Waals surface area contributed by atoms with Crippen LogP contribution in [-0.2, 0) is 0 Å². The van der Waals surface area contributed by atoms with Gasteiger partial charge in [-0.05, 0) is 137 Å². The van der Waals surface area contributed by atoms with Crippen LogP contribution in [0, 0.1) is 0 Å². The Morgan fingerprint density at radius 2 is 0.709 bits per heavy atom. The fourth-order valence-electron chi connectivity index (χ4n) is 10.1. The molecule has 0 unspecified atom stereocenters. The van der Waals surface area contributed by atoms with E-state index in [0.29, 0.717) is 6.04 Å². The van der Waals surface area contributed by atoms with Gasteiger partial charge in [-0.25, -0.2) is 0 Å². The topological polar surface area (TPSA) is 9.72 Å². The minimum absolute atomic E-state index is 0.186.